The molecule has 6 rings (SSSR count). The monoisotopic (exact) mass is 495 g/mol. The van der Waals surface area contributed by atoms with Crippen LogP contribution in [0.1, 0.15) is 27.9 Å². The quantitative estimate of drug-likeness (QED) is 0.249. The minimum atomic E-state index is -0.567. The average molecular weight is 496 g/mol. The Hall–Kier alpha value is -4.83. The highest BCUT2D eigenvalue weighted by Gasteiger charge is 2.39. The molecule has 4 nitrogen and oxygen atoms in total. The van der Waals surface area contributed by atoms with Gasteiger partial charge in [-0.05, 0) is 46.5 Å². The standard InChI is InChI=1S/C34H29N3O/c38-32-19-8-7-18-31(32)37-23-22-36(26-37)25-27-12-11-17-30(24-27)34(28-13-3-1-4-14-28,29-15-5-2-6-16-29)33-20-9-10-21-35-33/h1-24,38H,25-26H2. The molecular formula is C34H29N3O. The fraction of sp³-hybridized carbons (Fsp3) is 0.0882. The van der Waals surface area contributed by atoms with Gasteiger partial charge in [-0.25, -0.2) is 0 Å². The molecule has 0 radical (unpaired) electrons. The van der Waals surface area contributed by atoms with E-state index < -0.39 is 5.41 Å². The lowest BCUT2D eigenvalue weighted by Gasteiger charge is -2.36. The first-order chi connectivity index (χ1) is 18.7. The van der Waals surface area contributed by atoms with Crippen molar-refractivity contribution < 1.29 is 5.11 Å². The van der Waals surface area contributed by atoms with Crippen molar-refractivity contribution in [3.63, 3.8) is 0 Å². The van der Waals surface area contributed by atoms with Crippen LogP contribution in [0, 0.1) is 0 Å². The zero-order valence-electron chi connectivity index (χ0n) is 21.1. The van der Waals surface area contributed by atoms with Crippen molar-refractivity contribution in [2.24, 2.45) is 0 Å². The smallest absolute Gasteiger partial charge is 0.139 e. The summed E-state index contributed by atoms with van der Waals surface area (Å²) in [4.78, 5) is 9.22. The van der Waals surface area contributed by atoms with Crippen LogP contribution in [0.25, 0.3) is 0 Å². The van der Waals surface area contributed by atoms with Crippen LogP contribution in [0.4, 0.5) is 5.69 Å². The number of phenols is 1. The molecule has 2 heterocycles. The lowest BCUT2D eigenvalue weighted by atomic mass is 9.67. The Kier molecular flexibility index (Phi) is 6.37. The molecule has 1 N–H and O–H groups in total. The van der Waals surface area contributed by atoms with Crippen LogP contribution in [0.2, 0.25) is 0 Å². The molecule has 0 saturated heterocycles. The topological polar surface area (TPSA) is 39.6 Å². The zero-order chi connectivity index (χ0) is 25.8. The van der Waals surface area contributed by atoms with E-state index in [1.54, 1.807) is 6.07 Å². The summed E-state index contributed by atoms with van der Waals surface area (Å²) in [5.74, 6) is 0.284. The van der Waals surface area contributed by atoms with E-state index in [-0.39, 0.29) is 5.75 Å². The van der Waals surface area contributed by atoms with E-state index in [1.807, 2.05) is 36.7 Å². The second kappa shape index (κ2) is 10.3. The first kappa shape index (κ1) is 23.6. The first-order valence-corrected chi connectivity index (χ1v) is 12.8. The number of aromatic hydroxyl groups is 1. The van der Waals surface area contributed by atoms with Crippen molar-refractivity contribution in [2.75, 3.05) is 11.6 Å². The number of aromatic nitrogens is 1. The second-order valence-electron chi connectivity index (χ2n) is 9.54. The molecule has 0 aliphatic carbocycles. The van der Waals surface area contributed by atoms with Crippen molar-refractivity contribution in [1.82, 2.24) is 9.88 Å². The molecule has 0 amide bonds. The fourth-order valence-corrected chi connectivity index (χ4v) is 5.47. The predicted molar refractivity (Wildman–Crippen MR) is 153 cm³/mol. The Balaban J connectivity index is 1.41. The maximum absolute atomic E-state index is 10.3. The Morgan fingerprint density at radius 1 is 0.658 bits per heavy atom. The zero-order valence-corrected chi connectivity index (χ0v) is 21.1. The minimum absolute atomic E-state index is 0.284. The third-order valence-corrected chi connectivity index (χ3v) is 7.19. The van der Waals surface area contributed by atoms with Crippen LogP contribution in [-0.4, -0.2) is 21.7 Å². The molecule has 0 atom stereocenters. The summed E-state index contributed by atoms with van der Waals surface area (Å²) in [6, 6.07) is 43.8. The van der Waals surface area contributed by atoms with E-state index in [4.69, 9.17) is 4.98 Å². The van der Waals surface area contributed by atoms with Crippen molar-refractivity contribution in [3.05, 3.63) is 174 Å². The third-order valence-electron chi connectivity index (χ3n) is 7.19. The Labute approximate surface area is 223 Å². The highest BCUT2D eigenvalue weighted by atomic mass is 16.3. The van der Waals surface area contributed by atoms with Crippen molar-refractivity contribution >= 4 is 5.69 Å². The van der Waals surface area contributed by atoms with Gasteiger partial charge < -0.3 is 14.9 Å². The summed E-state index contributed by atoms with van der Waals surface area (Å²) >= 11 is 0. The molecule has 5 aromatic rings. The van der Waals surface area contributed by atoms with Gasteiger partial charge in [-0.15, -0.1) is 0 Å². The molecule has 38 heavy (non-hydrogen) atoms. The number of para-hydroxylation sites is 2. The summed E-state index contributed by atoms with van der Waals surface area (Å²) < 4.78 is 0. The molecule has 186 valence electrons. The van der Waals surface area contributed by atoms with E-state index in [0.717, 1.165) is 17.9 Å². The van der Waals surface area contributed by atoms with Gasteiger partial charge in [-0.2, -0.15) is 0 Å². The first-order valence-electron chi connectivity index (χ1n) is 12.8. The Morgan fingerprint density at radius 3 is 2.00 bits per heavy atom. The number of benzene rings is 4. The predicted octanol–water partition coefficient (Wildman–Crippen LogP) is 6.92. The number of phenolic OH excluding ortho intramolecular Hbond substituents is 1. The van der Waals surface area contributed by atoms with Gasteiger partial charge in [0, 0.05) is 25.1 Å². The maximum Gasteiger partial charge on any atom is 0.139 e. The number of hydrogen-bond acceptors (Lipinski definition) is 4. The van der Waals surface area contributed by atoms with Gasteiger partial charge in [-0.3, -0.25) is 4.98 Å². The molecule has 1 aromatic heterocycles. The van der Waals surface area contributed by atoms with Crippen LogP contribution in [0.5, 0.6) is 5.75 Å². The highest BCUT2D eigenvalue weighted by Crippen LogP contribution is 2.44. The lowest BCUT2D eigenvalue weighted by molar-refractivity contribution is 0.397. The number of anilines is 1. The van der Waals surface area contributed by atoms with Crippen molar-refractivity contribution in [1.29, 1.82) is 0 Å². The summed E-state index contributed by atoms with van der Waals surface area (Å²) in [6.45, 7) is 1.42. The molecule has 0 unspecified atom stereocenters. The van der Waals surface area contributed by atoms with Gasteiger partial charge in [0.15, 0.2) is 0 Å². The van der Waals surface area contributed by atoms with E-state index in [2.05, 4.69) is 113 Å². The summed E-state index contributed by atoms with van der Waals surface area (Å²) in [7, 11) is 0. The Bertz CT molecular complexity index is 1440. The molecule has 1 aliphatic rings. The number of rotatable bonds is 7. The lowest BCUT2D eigenvalue weighted by Crippen LogP contribution is -2.32. The van der Waals surface area contributed by atoms with Gasteiger partial charge in [0.2, 0.25) is 0 Å². The van der Waals surface area contributed by atoms with Crippen LogP contribution in [0.3, 0.4) is 0 Å². The molecule has 4 aromatic carbocycles. The van der Waals surface area contributed by atoms with Gasteiger partial charge in [0.1, 0.15) is 5.75 Å². The molecule has 0 spiro atoms. The highest BCUT2D eigenvalue weighted by molar-refractivity contribution is 5.60. The molecule has 0 saturated carbocycles. The number of pyridine rings is 1. The van der Waals surface area contributed by atoms with Crippen molar-refractivity contribution in [3.8, 4) is 5.75 Å². The Morgan fingerprint density at radius 2 is 1.32 bits per heavy atom. The van der Waals surface area contributed by atoms with Gasteiger partial charge in [-0.1, -0.05) is 103 Å². The van der Waals surface area contributed by atoms with Crippen LogP contribution in [0.15, 0.2) is 146 Å². The fourth-order valence-electron chi connectivity index (χ4n) is 5.47. The maximum atomic E-state index is 10.3. The molecule has 1 aliphatic heterocycles. The van der Waals surface area contributed by atoms with Crippen LogP contribution >= 0.6 is 0 Å². The van der Waals surface area contributed by atoms with Crippen LogP contribution < -0.4 is 4.90 Å². The average Bonchev–Trinajstić information content (AvgIpc) is 3.44. The summed E-state index contributed by atoms with van der Waals surface area (Å²) in [5, 5.41) is 10.3. The summed E-state index contributed by atoms with van der Waals surface area (Å²) in [6.07, 6.45) is 5.98. The van der Waals surface area contributed by atoms with Gasteiger partial charge >= 0.3 is 0 Å². The van der Waals surface area contributed by atoms with Crippen LogP contribution in [-0.2, 0) is 12.0 Å². The third kappa shape index (κ3) is 4.31. The summed E-state index contributed by atoms with van der Waals surface area (Å²) in [5.41, 5.74) is 5.96. The second-order valence-corrected chi connectivity index (χ2v) is 9.54. The number of nitrogens with zero attached hydrogens (tertiary/aromatic N) is 3. The minimum Gasteiger partial charge on any atom is -0.506 e. The molecule has 0 fully saturated rings. The van der Waals surface area contributed by atoms with Crippen molar-refractivity contribution in [2.45, 2.75) is 12.0 Å². The molecule has 4 heteroatoms. The van der Waals surface area contributed by atoms with E-state index >= 15 is 0 Å². The van der Waals surface area contributed by atoms with E-state index in [1.165, 1.54) is 22.3 Å². The van der Waals surface area contributed by atoms with E-state index in [9.17, 15) is 5.11 Å². The number of hydrogen-bond donors (Lipinski definition) is 1. The molecular weight excluding hydrogens is 466 g/mol. The van der Waals surface area contributed by atoms with Gasteiger partial charge in [0.05, 0.1) is 23.5 Å². The normalized spacial score (nSPS) is 13.2. The largest absolute Gasteiger partial charge is 0.506 e. The SMILES string of the molecule is Oc1ccccc1N1C=CN(Cc2cccc(C(c3ccccc3)(c3ccccc3)c3ccccn3)c2)C1. The van der Waals surface area contributed by atoms with Gasteiger partial charge in [0.25, 0.3) is 0 Å². The molecule has 0 bridgehead atoms. The van der Waals surface area contributed by atoms with E-state index in [0.29, 0.717) is 6.67 Å².